The second kappa shape index (κ2) is 7.59. The van der Waals surface area contributed by atoms with Crippen molar-refractivity contribution in [3.63, 3.8) is 0 Å². The maximum atomic E-state index is 12.4. The first-order valence-electron chi connectivity index (χ1n) is 9.06. The minimum atomic E-state index is -0.991. The van der Waals surface area contributed by atoms with Crippen LogP contribution in [-0.4, -0.2) is 38.7 Å². The Morgan fingerprint density at radius 1 is 1.04 bits per heavy atom. The molecule has 2 aromatic rings. The summed E-state index contributed by atoms with van der Waals surface area (Å²) in [6, 6.07) is 10.8. The van der Waals surface area contributed by atoms with Crippen molar-refractivity contribution in [1.29, 1.82) is 0 Å². The number of hydrogen-bond donors (Lipinski definition) is 1. The molecule has 0 amide bonds. The van der Waals surface area contributed by atoms with Crippen LogP contribution in [-0.2, 0) is 16.0 Å². The second-order valence-corrected chi connectivity index (χ2v) is 6.87. The van der Waals surface area contributed by atoms with E-state index in [1.54, 1.807) is 32.4 Å². The van der Waals surface area contributed by atoms with Crippen molar-refractivity contribution < 1.29 is 33.6 Å². The molecule has 1 N–H and O–H groups in total. The van der Waals surface area contributed by atoms with Crippen molar-refractivity contribution in [2.24, 2.45) is 11.8 Å². The molecule has 1 saturated heterocycles. The van der Waals surface area contributed by atoms with Gasteiger partial charge in [0, 0.05) is 5.92 Å². The minimum absolute atomic E-state index is 0.155. The van der Waals surface area contributed by atoms with Gasteiger partial charge in [-0.3, -0.25) is 4.79 Å². The van der Waals surface area contributed by atoms with Gasteiger partial charge in [-0.1, -0.05) is 12.1 Å². The van der Waals surface area contributed by atoms with Crippen LogP contribution < -0.4 is 18.9 Å². The van der Waals surface area contributed by atoms with Gasteiger partial charge in [0.1, 0.15) is 0 Å². The van der Waals surface area contributed by atoms with E-state index in [-0.39, 0.29) is 19.3 Å². The van der Waals surface area contributed by atoms with Crippen molar-refractivity contribution in [2.75, 3.05) is 27.6 Å². The van der Waals surface area contributed by atoms with E-state index in [2.05, 4.69) is 0 Å². The van der Waals surface area contributed by atoms with Crippen LogP contribution >= 0.6 is 0 Å². The molecule has 2 heterocycles. The van der Waals surface area contributed by atoms with Crippen molar-refractivity contribution in [1.82, 2.24) is 0 Å². The van der Waals surface area contributed by atoms with Crippen LogP contribution in [0.25, 0.3) is 0 Å². The highest BCUT2D eigenvalue weighted by molar-refractivity contribution is 5.76. The van der Waals surface area contributed by atoms with Gasteiger partial charge in [0.05, 0.1) is 32.8 Å². The molecule has 0 aliphatic carbocycles. The van der Waals surface area contributed by atoms with Gasteiger partial charge in [-0.2, -0.15) is 0 Å². The molecule has 7 nitrogen and oxygen atoms in total. The standard InChI is InChI=1S/C21H22O7/c1-24-15-5-3-12(8-17(15)25-2)7-14-10-26-21(23)19(14)20(22)13-4-6-16-18(9-13)28-11-27-16/h3-6,8-9,14,19-20,22H,7,10-11H2,1-2H3/t14-,19-,20+/m0/s1. The Morgan fingerprint density at radius 2 is 1.82 bits per heavy atom. The lowest BCUT2D eigenvalue weighted by atomic mass is 9.83. The molecular weight excluding hydrogens is 364 g/mol. The average molecular weight is 386 g/mol. The van der Waals surface area contributed by atoms with Crippen molar-refractivity contribution in [3.8, 4) is 23.0 Å². The number of carbonyl (C=O) groups is 1. The average Bonchev–Trinajstić information content (AvgIpc) is 3.33. The highest BCUT2D eigenvalue weighted by Gasteiger charge is 2.42. The van der Waals surface area contributed by atoms with Crippen molar-refractivity contribution in [2.45, 2.75) is 12.5 Å². The van der Waals surface area contributed by atoms with E-state index in [0.717, 1.165) is 5.56 Å². The molecule has 28 heavy (non-hydrogen) atoms. The summed E-state index contributed by atoms with van der Waals surface area (Å²) in [6.07, 6.45) is -0.423. The molecule has 4 rings (SSSR count). The summed E-state index contributed by atoms with van der Waals surface area (Å²) < 4.78 is 26.6. The maximum absolute atomic E-state index is 12.4. The molecule has 0 saturated carbocycles. The number of aliphatic hydroxyl groups is 1. The van der Waals surface area contributed by atoms with E-state index >= 15 is 0 Å². The van der Waals surface area contributed by atoms with E-state index < -0.39 is 18.0 Å². The number of hydrogen-bond acceptors (Lipinski definition) is 7. The fourth-order valence-corrected chi connectivity index (χ4v) is 3.77. The monoisotopic (exact) mass is 386 g/mol. The van der Waals surface area contributed by atoms with Crippen molar-refractivity contribution in [3.05, 3.63) is 47.5 Å². The first-order chi connectivity index (χ1) is 13.6. The molecule has 3 atom stereocenters. The highest BCUT2D eigenvalue weighted by Crippen LogP contribution is 2.40. The van der Waals surface area contributed by atoms with E-state index in [9.17, 15) is 9.90 Å². The smallest absolute Gasteiger partial charge is 0.312 e. The van der Waals surface area contributed by atoms with Crippen LogP contribution in [0.3, 0.4) is 0 Å². The molecule has 1 fully saturated rings. The fraction of sp³-hybridized carbons (Fsp3) is 0.381. The summed E-state index contributed by atoms with van der Waals surface area (Å²) in [6.45, 7) is 0.418. The fourth-order valence-electron chi connectivity index (χ4n) is 3.77. The molecule has 2 aromatic carbocycles. The van der Waals surface area contributed by atoms with Gasteiger partial charge in [0.15, 0.2) is 23.0 Å². The van der Waals surface area contributed by atoms with Gasteiger partial charge >= 0.3 is 5.97 Å². The third-order valence-electron chi connectivity index (χ3n) is 5.24. The molecule has 0 unspecified atom stereocenters. The summed E-state index contributed by atoms with van der Waals surface area (Å²) in [7, 11) is 3.16. The Bertz CT molecular complexity index is 879. The van der Waals surface area contributed by atoms with E-state index in [1.807, 2.05) is 18.2 Å². The number of benzene rings is 2. The SMILES string of the molecule is COc1ccc(C[C@H]2COC(=O)[C@@H]2[C@H](O)c2ccc3c(c2)OCO3)cc1OC. The minimum Gasteiger partial charge on any atom is -0.493 e. The van der Waals surface area contributed by atoms with Gasteiger partial charge in [-0.15, -0.1) is 0 Å². The van der Waals surface area contributed by atoms with Crippen LogP contribution in [0.1, 0.15) is 17.2 Å². The molecule has 0 bridgehead atoms. The Balaban J connectivity index is 1.55. The Labute approximate surface area is 162 Å². The summed E-state index contributed by atoms with van der Waals surface area (Å²) in [4.78, 5) is 12.4. The van der Waals surface area contributed by atoms with Gasteiger partial charge in [0.25, 0.3) is 0 Å². The molecular formula is C21H22O7. The van der Waals surface area contributed by atoms with E-state index in [4.69, 9.17) is 23.7 Å². The third kappa shape index (κ3) is 3.33. The first kappa shape index (κ1) is 18.4. The zero-order chi connectivity index (χ0) is 19.7. The molecule has 2 aliphatic rings. The molecule has 0 spiro atoms. The van der Waals surface area contributed by atoms with Crippen LogP contribution in [0.4, 0.5) is 0 Å². The van der Waals surface area contributed by atoms with Crippen LogP contribution in [0.15, 0.2) is 36.4 Å². The topological polar surface area (TPSA) is 83.5 Å². The zero-order valence-corrected chi connectivity index (χ0v) is 15.7. The number of aliphatic hydroxyl groups excluding tert-OH is 1. The Hall–Kier alpha value is -2.93. The number of methoxy groups -OCH3 is 2. The molecule has 7 heteroatoms. The Morgan fingerprint density at radius 3 is 2.61 bits per heavy atom. The molecule has 0 aromatic heterocycles. The van der Waals surface area contributed by atoms with Crippen molar-refractivity contribution >= 4 is 5.97 Å². The summed E-state index contributed by atoms with van der Waals surface area (Å²) in [5.41, 5.74) is 1.58. The number of carbonyl (C=O) groups excluding carboxylic acids is 1. The van der Waals surface area contributed by atoms with E-state index in [0.29, 0.717) is 35.0 Å². The molecule has 2 aliphatic heterocycles. The summed E-state index contributed by atoms with van der Waals surface area (Å²) in [5.74, 6) is 1.25. The number of esters is 1. The van der Waals surface area contributed by atoms with Crippen LogP contribution in [0, 0.1) is 11.8 Å². The maximum Gasteiger partial charge on any atom is 0.312 e. The lowest BCUT2D eigenvalue weighted by Gasteiger charge is -2.22. The second-order valence-electron chi connectivity index (χ2n) is 6.87. The van der Waals surface area contributed by atoms with Crippen LogP contribution in [0.2, 0.25) is 0 Å². The third-order valence-corrected chi connectivity index (χ3v) is 5.24. The van der Waals surface area contributed by atoms with Gasteiger partial charge in [0.2, 0.25) is 6.79 Å². The first-order valence-corrected chi connectivity index (χ1v) is 9.06. The number of cyclic esters (lactones) is 1. The lowest BCUT2D eigenvalue weighted by Crippen LogP contribution is -2.25. The highest BCUT2D eigenvalue weighted by atomic mass is 16.7. The quantitative estimate of drug-likeness (QED) is 0.764. The lowest BCUT2D eigenvalue weighted by molar-refractivity contribution is -0.144. The molecule has 0 radical (unpaired) electrons. The zero-order valence-electron chi connectivity index (χ0n) is 15.7. The van der Waals surface area contributed by atoms with Gasteiger partial charge in [-0.05, 0) is 41.8 Å². The predicted molar refractivity (Wildman–Crippen MR) is 98.7 cm³/mol. The van der Waals surface area contributed by atoms with Crippen LogP contribution in [0.5, 0.6) is 23.0 Å². The van der Waals surface area contributed by atoms with Gasteiger partial charge in [-0.25, -0.2) is 0 Å². The molecule has 148 valence electrons. The predicted octanol–water partition coefficient (Wildman–Crippen LogP) is 2.50. The van der Waals surface area contributed by atoms with E-state index in [1.165, 1.54) is 0 Å². The largest absolute Gasteiger partial charge is 0.493 e. The number of rotatable bonds is 6. The summed E-state index contributed by atoms with van der Waals surface area (Å²) >= 11 is 0. The number of fused-ring (bicyclic) bond motifs is 1. The normalized spacial score (nSPS) is 21.3. The number of ether oxygens (including phenoxy) is 5. The Kier molecular flexibility index (Phi) is 5.00. The van der Waals surface area contributed by atoms with Gasteiger partial charge < -0.3 is 28.8 Å². The summed E-state index contributed by atoms with van der Waals surface area (Å²) in [5, 5.41) is 10.9.